The predicted octanol–water partition coefficient (Wildman–Crippen LogP) is 25.7. The van der Waals surface area contributed by atoms with E-state index in [9.17, 15) is 19.2 Å². The van der Waals surface area contributed by atoms with Crippen molar-refractivity contribution in [2.24, 2.45) is 0 Å². The van der Waals surface area contributed by atoms with Crippen molar-refractivity contribution in [3.63, 3.8) is 0 Å². The lowest BCUT2D eigenvalue weighted by Crippen LogP contribution is -2.33. The van der Waals surface area contributed by atoms with Crippen LogP contribution < -0.4 is 33.7 Å². The number of thiazole rings is 3. The number of hydrogen-bond acceptors (Lipinski definition) is 18. The third kappa shape index (κ3) is 28.3. The molecule has 0 atom stereocenters. The first-order valence-corrected chi connectivity index (χ1v) is 45.3. The lowest BCUT2D eigenvalue weighted by molar-refractivity contribution is -0.129. The SMILES string of the molecule is CC(=O)N1CCc2sc(-c3ccc(OCc4ccccc4)cc3)nc2C1.O=C(Cl)c1ccc(OCc2ccccc2)cc1.O=C(Nc1cnccc1Cl)c1ccc(OCc2ccccc2)cc1.O=C(O)c1ccc(OCc2ccccc2)cc1.c1ccc(COc2ccc(-c3nc4c(s3)CCCC4)cc2)cc1.c1ccc(COc2ccc(-c3nc4cnccc4s3)cc2)cc1. The number of carbonyl (C=O) groups excluding carboxylic acids is 3. The second-order valence-corrected chi connectivity index (χ2v) is 33.7. The van der Waals surface area contributed by atoms with Gasteiger partial charge in [-0.1, -0.05) is 194 Å². The summed E-state index contributed by atoms with van der Waals surface area (Å²) in [5.74, 6) is 3.63. The summed E-state index contributed by atoms with van der Waals surface area (Å²) in [6.07, 6.45) is 12.5. The van der Waals surface area contributed by atoms with Gasteiger partial charge in [0.15, 0.2) is 0 Å². The van der Waals surface area contributed by atoms with Crippen molar-refractivity contribution in [3.8, 4) is 66.2 Å². The molecule has 0 saturated carbocycles. The molecule has 1 aliphatic heterocycles. The third-order valence-electron chi connectivity index (χ3n) is 20.3. The number of halogens is 2. The van der Waals surface area contributed by atoms with Crippen LogP contribution in [0.25, 0.3) is 41.9 Å². The van der Waals surface area contributed by atoms with Crippen LogP contribution in [0.3, 0.4) is 0 Å². The first-order chi connectivity index (χ1) is 63.7. The lowest BCUT2D eigenvalue weighted by Gasteiger charge is -2.24. The number of carboxylic acids is 1. The molecule has 0 fully saturated rings. The minimum Gasteiger partial charge on any atom is -0.489 e. The van der Waals surface area contributed by atoms with Crippen molar-refractivity contribution in [3.05, 3.63) is 441 Å². The van der Waals surface area contributed by atoms with E-state index in [2.05, 4.69) is 68.8 Å². The Labute approximate surface area is 777 Å². The van der Waals surface area contributed by atoms with Gasteiger partial charge in [0.05, 0.1) is 51.3 Å². The number of aromatic nitrogens is 5. The summed E-state index contributed by atoms with van der Waals surface area (Å²) in [5.41, 5.74) is 15.2. The molecule has 6 heterocycles. The molecule has 0 spiro atoms. The molecule has 0 unspecified atom stereocenters. The summed E-state index contributed by atoms with van der Waals surface area (Å²) in [4.78, 5) is 72.2. The maximum Gasteiger partial charge on any atom is 0.335 e. The van der Waals surface area contributed by atoms with Crippen LogP contribution in [0.5, 0.6) is 34.5 Å². The van der Waals surface area contributed by atoms with Gasteiger partial charge in [-0.15, -0.1) is 34.0 Å². The number of anilines is 1. The molecule has 2 aliphatic rings. The Hall–Kier alpha value is -14.5. The van der Waals surface area contributed by atoms with Crippen LogP contribution in [-0.2, 0) is 70.2 Å². The summed E-state index contributed by atoms with van der Waals surface area (Å²) in [6.45, 7) is 6.24. The van der Waals surface area contributed by atoms with Gasteiger partial charge >= 0.3 is 5.97 Å². The summed E-state index contributed by atoms with van der Waals surface area (Å²) in [6, 6.07) is 108. The van der Waals surface area contributed by atoms with E-state index in [4.69, 9.17) is 66.7 Å². The molecule has 652 valence electrons. The maximum atomic E-state index is 12.2. The standard InChI is InChI=1S/C21H20N2O2S.C20H19NOS.C19H15ClN2O2.C19H14N2OS.C14H11ClO2.C14H12O3/c1-15(24)23-12-11-20-19(13-23)22-21(26-20)17-7-9-18(10-8-17)25-14-16-5-3-2-4-6-16;1-2-6-15(7-3-1)14-22-17-12-10-16(11-13-17)20-21-18-8-4-5-9-19(18)23-20;20-17-10-11-21-12-18(17)22-19(23)15-6-8-16(9-7-15)24-13-14-4-2-1-3-5-14;1-2-4-14(5-3-1)13-22-16-8-6-15(7-9-16)19-21-17-12-20-11-10-18(17)23-19;2*15-14(16)12-6-8-13(9-7-12)17-10-11-4-2-1-3-5-11/h2-10H,11-14H2,1H3;1-3,6-7,10-13H,4-5,8-9,14H2;1-12H,13H2,(H,22,23);1-12H,13H2;1-9H,10H2;1-9H,10H2,(H,15,16). The molecule has 19 rings (SSSR count). The number of fused-ring (bicyclic) bond motifs is 3. The van der Waals surface area contributed by atoms with Crippen LogP contribution in [0.4, 0.5) is 5.69 Å². The smallest absolute Gasteiger partial charge is 0.335 e. The molecule has 1 aliphatic carbocycles. The summed E-state index contributed by atoms with van der Waals surface area (Å²) < 4.78 is 35.5. The van der Waals surface area contributed by atoms with Crippen molar-refractivity contribution in [1.82, 2.24) is 29.8 Å². The fourth-order valence-electron chi connectivity index (χ4n) is 13.2. The number of benzene rings is 12. The van der Waals surface area contributed by atoms with E-state index in [1.165, 1.54) is 64.2 Å². The van der Waals surface area contributed by atoms with Gasteiger partial charge in [0.2, 0.25) is 5.91 Å². The zero-order valence-corrected chi connectivity index (χ0v) is 75.0. The Kier molecular flexibility index (Phi) is 33.8. The largest absolute Gasteiger partial charge is 0.489 e. The number of amides is 2. The Morgan fingerprint density at radius 1 is 0.377 bits per heavy atom. The molecule has 17 aromatic rings. The van der Waals surface area contributed by atoms with Crippen molar-refractivity contribution < 1.29 is 52.7 Å². The van der Waals surface area contributed by atoms with E-state index < -0.39 is 11.2 Å². The molecule has 0 saturated heterocycles. The molecular formula is C107H91Cl2N7O11S3. The van der Waals surface area contributed by atoms with E-state index in [1.54, 1.807) is 115 Å². The van der Waals surface area contributed by atoms with E-state index >= 15 is 0 Å². The van der Waals surface area contributed by atoms with E-state index in [0.29, 0.717) is 79.5 Å². The second kappa shape index (κ2) is 47.9. The highest BCUT2D eigenvalue weighted by molar-refractivity contribution is 7.21. The van der Waals surface area contributed by atoms with Crippen molar-refractivity contribution >= 4 is 96.1 Å². The average Bonchev–Trinajstić information content (AvgIpc) is 1.64. The Balaban J connectivity index is 0.000000127. The van der Waals surface area contributed by atoms with Gasteiger partial charge in [-0.3, -0.25) is 24.4 Å². The van der Waals surface area contributed by atoms with Gasteiger partial charge in [-0.2, -0.15) is 0 Å². The molecule has 18 nitrogen and oxygen atoms in total. The number of pyridine rings is 2. The number of aromatic carboxylic acids is 1. The summed E-state index contributed by atoms with van der Waals surface area (Å²) >= 11 is 16.6. The topological polar surface area (TPSA) is 224 Å². The van der Waals surface area contributed by atoms with Gasteiger partial charge in [-0.25, -0.2) is 19.7 Å². The van der Waals surface area contributed by atoms with Crippen molar-refractivity contribution in [1.29, 1.82) is 0 Å². The van der Waals surface area contributed by atoms with Crippen LogP contribution in [-0.4, -0.2) is 64.5 Å². The fraction of sp³-hybridized carbons (Fsp3) is 0.131. The molecule has 23 heteroatoms. The number of aryl methyl sites for hydroxylation is 2. The number of nitrogens with zero attached hydrogens (tertiary/aromatic N) is 6. The molecular weight excluding hydrogens is 1730 g/mol. The second-order valence-electron chi connectivity index (χ2n) is 29.7. The Morgan fingerprint density at radius 2 is 0.715 bits per heavy atom. The van der Waals surface area contributed by atoms with Crippen LogP contribution in [0, 0.1) is 0 Å². The molecule has 12 aromatic carbocycles. The maximum absolute atomic E-state index is 12.2. The van der Waals surface area contributed by atoms with Gasteiger partial charge < -0.3 is 43.7 Å². The molecule has 2 N–H and O–H groups in total. The first-order valence-electron chi connectivity index (χ1n) is 42.1. The molecule has 130 heavy (non-hydrogen) atoms. The Morgan fingerprint density at radius 3 is 1.08 bits per heavy atom. The number of rotatable bonds is 25. The number of nitrogens with one attached hydrogen (secondary N) is 1. The molecule has 5 aromatic heterocycles. The summed E-state index contributed by atoms with van der Waals surface area (Å²) in [7, 11) is 0. The number of carboxylic acid groups (broad SMARTS) is 1. The van der Waals surface area contributed by atoms with E-state index in [1.807, 2.05) is 229 Å². The minimum atomic E-state index is -0.931. The average molecular weight is 1820 g/mol. The zero-order chi connectivity index (χ0) is 89.9. The highest BCUT2D eigenvalue weighted by Crippen LogP contribution is 2.37. The highest BCUT2D eigenvalue weighted by atomic mass is 35.5. The van der Waals surface area contributed by atoms with Crippen molar-refractivity contribution in [2.45, 2.75) is 85.2 Å². The van der Waals surface area contributed by atoms with Crippen LogP contribution in [0.15, 0.2) is 365 Å². The van der Waals surface area contributed by atoms with E-state index in [-0.39, 0.29) is 17.4 Å². The predicted molar refractivity (Wildman–Crippen MR) is 518 cm³/mol. The quantitative estimate of drug-likeness (QED) is 0.0508. The third-order valence-corrected chi connectivity index (χ3v) is 24.4. The van der Waals surface area contributed by atoms with Crippen molar-refractivity contribution in [2.75, 3.05) is 11.9 Å². The minimum absolute atomic E-state index is 0.116. The zero-order valence-electron chi connectivity index (χ0n) is 71.0. The number of carbonyl (C=O) groups is 4. The van der Waals surface area contributed by atoms with Gasteiger partial charge in [-0.05, 0) is 228 Å². The normalized spacial score (nSPS) is 11.5. The van der Waals surface area contributed by atoms with Crippen LogP contribution >= 0.6 is 57.2 Å². The summed E-state index contributed by atoms with van der Waals surface area (Å²) in [5, 5.41) is 14.6. The van der Waals surface area contributed by atoms with Gasteiger partial charge in [0.1, 0.15) is 94.7 Å². The fourth-order valence-corrected chi connectivity index (χ4v) is 16.7. The van der Waals surface area contributed by atoms with Crippen LogP contribution in [0.2, 0.25) is 5.02 Å². The monoisotopic (exact) mass is 1820 g/mol. The molecule has 2 amide bonds. The molecule has 0 radical (unpaired) electrons. The number of hydrogen-bond donors (Lipinski definition) is 2. The lowest BCUT2D eigenvalue weighted by atomic mass is 10.0. The highest BCUT2D eigenvalue weighted by Gasteiger charge is 2.23. The van der Waals surface area contributed by atoms with E-state index in [0.717, 1.165) is 112 Å². The number of ether oxygens (including phenoxy) is 6. The first kappa shape index (κ1) is 91.8. The van der Waals surface area contributed by atoms with Gasteiger partial charge in [0, 0.05) is 69.9 Å². The molecule has 0 bridgehead atoms. The van der Waals surface area contributed by atoms with Crippen LogP contribution in [0.1, 0.15) is 105 Å². The Bertz CT molecular complexity index is 6260. The van der Waals surface area contributed by atoms with Gasteiger partial charge in [0.25, 0.3) is 11.1 Å².